The topological polar surface area (TPSA) is 58.2 Å². The van der Waals surface area contributed by atoms with Crippen LogP contribution in [-0.2, 0) is 16.0 Å². The van der Waals surface area contributed by atoms with E-state index < -0.39 is 11.7 Å². The van der Waals surface area contributed by atoms with E-state index in [1.807, 2.05) is 0 Å². The van der Waals surface area contributed by atoms with Crippen molar-refractivity contribution in [1.29, 1.82) is 0 Å². The Morgan fingerprint density at radius 1 is 0.909 bits per heavy atom. The number of carbonyl (C=O) groups is 2. The Kier molecular flexibility index (Phi) is 5.19. The van der Waals surface area contributed by atoms with Gasteiger partial charge in [0.25, 0.3) is 0 Å². The average molecular weight is 304 g/mol. The van der Waals surface area contributed by atoms with Crippen molar-refractivity contribution in [2.75, 3.05) is 11.9 Å². The average Bonchev–Trinajstić information content (AvgIpc) is 2.48. The van der Waals surface area contributed by atoms with Crippen LogP contribution in [0.3, 0.4) is 0 Å². The Morgan fingerprint density at radius 2 is 1.64 bits per heavy atom. The molecule has 0 aliphatic heterocycles. The number of hydrogen-bond acceptors (Lipinski definition) is 2. The molecule has 0 unspecified atom stereocenters. The van der Waals surface area contributed by atoms with Crippen molar-refractivity contribution in [2.45, 2.75) is 6.42 Å². The van der Waals surface area contributed by atoms with Gasteiger partial charge in [-0.2, -0.15) is 0 Å². The number of halogens is 2. The maximum absolute atomic E-state index is 13.0. The Hall–Kier alpha value is -2.76. The highest BCUT2D eigenvalue weighted by Crippen LogP contribution is 2.08. The smallest absolute Gasteiger partial charge is 0.243 e. The molecule has 2 rings (SSSR count). The van der Waals surface area contributed by atoms with E-state index in [2.05, 4.69) is 10.6 Å². The van der Waals surface area contributed by atoms with Crippen LogP contribution in [0.1, 0.15) is 5.56 Å². The van der Waals surface area contributed by atoms with Crippen molar-refractivity contribution in [3.8, 4) is 0 Å². The van der Waals surface area contributed by atoms with E-state index >= 15 is 0 Å². The van der Waals surface area contributed by atoms with Crippen LogP contribution in [0.25, 0.3) is 0 Å². The Morgan fingerprint density at radius 3 is 2.32 bits per heavy atom. The maximum Gasteiger partial charge on any atom is 0.243 e. The molecule has 0 aromatic heterocycles. The highest BCUT2D eigenvalue weighted by molar-refractivity contribution is 5.94. The molecule has 2 aromatic carbocycles. The molecule has 6 heteroatoms. The van der Waals surface area contributed by atoms with Crippen LogP contribution in [0.15, 0.2) is 48.5 Å². The second-order valence-electron chi connectivity index (χ2n) is 4.64. The molecule has 0 heterocycles. The zero-order valence-electron chi connectivity index (χ0n) is 11.6. The van der Waals surface area contributed by atoms with Crippen LogP contribution < -0.4 is 10.6 Å². The largest absolute Gasteiger partial charge is 0.347 e. The fourth-order valence-corrected chi connectivity index (χ4v) is 1.80. The van der Waals surface area contributed by atoms with Crippen molar-refractivity contribution in [3.63, 3.8) is 0 Å². The Balaban J connectivity index is 1.78. The van der Waals surface area contributed by atoms with E-state index in [1.165, 1.54) is 42.5 Å². The van der Waals surface area contributed by atoms with Gasteiger partial charge >= 0.3 is 0 Å². The zero-order valence-corrected chi connectivity index (χ0v) is 11.6. The van der Waals surface area contributed by atoms with E-state index in [0.717, 1.165) is 0 Å². The molecule has 0 aliphatic carbocycles. The molecular weight excluding hydrogens is 290 g/mol. The van der Waals surface area contributed by atoms with Crippen molar-refractivity contribution < 1.29 is 18.4 Å². The lowest BCUT2D eigenvalue weighted by atomic mass is 10.1. The second kappa shape index (κ2) is 7.31. The third kappa shape index (κ3) is 4.97. The van der Waals surface area contributed by atoms with E-state index in [4.69, 9.17) is 0 Å². The van der Waals surface area contributed by atoms with Crippen LogP contribution in [-0.4, -0.2) is 18.4 Å². The summed E-state index contributed by atoms with van der Waals surface area (Å²) in [6, 6.07) is 11.0. The molecule has 0 spiro atoms. The minimum atomic E-state index is -0.460. The number of carbonyl (C=O) groups excluding carboxylic acids is 2. The first kappa shape index (κ1) is 15.6. The van der Waals surface area contributed by atoms with Gasteiger partial charge < -0.3 is 10.6 Å². The van der Waals surface area contributed by atoms with Gasteiger partial charge in [-0.05, 0) is 35.9 Å². The van der Waals surface area contributed by atoms with Gasteiger partial charge in [-0.1, -0.05) is 18.2 Å². The summed E-state index contributed by atoms with van der Waals surface area (Å²) in [6.07, 6.45) is 0.0491. The number of nitrogens with one attached hydrogen (secondary N) is 2. The third-order valence-electron chi connectivity index (χ3n) is 2.83. The predicted octanol–water partition coefficient (Wildman–Crippen LogP) is 2.26. The standard InChI is InChI=1S/C16H14F2N2O2/c17-12-6-4-11(5-7-12)8-15(21)19-10-16(22)20-14-3-1-2-13(18)9-14/h1-7,9H,8,10H2,(H,19,21)(H,20,22). The molecule has 0 bridgehead atoms. The number of anilines is 1. The molecule has 0 aliphatic rings. The molecule has 0 saturated carbocycles. The molecule has 114 valence electrons. The fourth-order valence-electron chi connectivity index (χ4n) is 1.80. The van der Waals surface area contributed by atoms with E-state index in [9.17, 15) is 18.4 Å². The molecule has 0 fully saturated rings. The van der Waals surface area contributed by atoms with Crippen molar-refractivity contribution >= 4 is 17.5 Å². The lowest BCUT2D eigenvalue weighted by Crippen LogP contribution is -2.33. The zero-order chi connectivity index (χ0) is 15.9. The first-order valence-electron chi connectivity index (χ1n) is 6.59. The quantitative estimate of drug-likeness (QED) is 0.890. The van der Waals surface area contributed by atoms with Crippen LogP contribution in [0.5, 0.6) is 0 Å². The van der Waals surface area contributed by atoms with Crippen molar-refractivity contribution in [2.24, 2.45) is 0 Å². The number of benzene rings is 2. The van der Waals surface area contributed by atoms with E-state index in [1.54, 1.807) is 6.07 Å². The third-order valence-corrected chi connectivity index (χ3v) is 2.83. The molecule has 22 heavy (non-hydrogen) atoms. The maximum atomic E-state index is 13.0. The van der Waals surface area contributed by atoms with Gasteiger partial charge in [-0.3, -0.25) is 9.59 Å². The molecule has 2 N–H and O–H groups in total. The predicted molar refractivity (Wildman–Crippen MR) is 78.1 cm³/mol. The Labute approximate surface area is 126 Å². The molecule has 2 aromatic rings. The normalized spacial score (nSPS) is 10.1. The summed E-state index contributed by atoms with van der Waals surface area (Å²) >= 11 is 0. The van der Waals surface area contributed by atoms with Crippen molar-refractivity contribution in [3.05, 3.63) is 65.7 Å². The summed E-state index contributed by atoms with van der Waals surface area (Å²) in [7, 11) is 0. The number of rotatable bonds is 5. The lowest BCUT2D eigenvalue weighted by molar-refractivity contribution is -0.123. The van der Waals surface area contributed by atoms with Gasteiger partial charge in [-0.25, -0.2) is 8.78 Å². The summed E-state index contributed by atoms with van der Waals surface area (Å²) in [5, 5.41) is 4.91. The summed E-state index contributed by atoms with van der Waals surface area (Å²) in [4.78, 5) is 23.3. The van der Waals surface area contributed by atoms with Crippen molar-refractivity contribution in [1.82, 2.24) is 5.32 Å². The van der Waals surface area contributed by atoms with E-state index in [-0.39, 0.29) is 24.7 Å². The Bertz CT molecular complexity index is 672. The fraction of sp³-hybridized carbons (Fsp3) is 0.125. The van der Waals surface area contributed by atoms with Gasteiger partial charge in [0.1, 0.15) is 11.6 Å². The van der Waals surface area contributed by atoms with Gasteiger partial charge in [-0.15, -0.1) is 0 Å². The molecular formula is C16H14F2N2O2. The highest BCUT2D eigenvalue weighted by Gasteiger charge is 2.07. The van der Waals surface area contributed by atoms with E-state index in [0.29, 0.717) is 11.3 Å². The summed E-state index contributed by atoms with van der Waals surface area (Å²) < 4.78 is 25.7. The molecule has 2 amide bonds. The first-order valence-corrected chi connectivity index (χ1v) is 6.59. The highest BCUT2D eigenvalue weighted by atomic mass is 19.1. The van der Waals surface area contributed by atoms with Crippen LogP contribution >= 0.6 is 0 Å². The van der Waals surface area contributed by atoms with Crippen LogP contribution in [0.4, 0.5) is 14.5 Å². The number of hydrogen-bond donors (Lipinski definition) is 2. The number of amides is 2. The SMILES string of the molecule is O=C(Cc1ccc(F)cc1)NCC(=O)Nc1cccc(F)c1. The van der Waals surface area contributed by atoms with Gasteiger partial charge in [0.2, 0.25) is 11.8 Å². The van der Waals surface area contributed by atoms with Crippen LogP contribution in [0, 0.1) is 11.6 Å². The van der Waals surface area contributed by atoms with Gasteiger partial charge in [0.15, 0.2) is 0 Å². The molecule has 0 saturated heterocycles. The molecule has 0 atom stereocenters. The summed E-state index contributed by atoms with van der Waals surface area (Å²) in [5.74, 6) is -1.66. The van der Waals surface area contributed by atoms with Crippen LogP contribution in [0.2, 0.25) is 0 Å². The minimum Gasteiger partial charge on any atom is -0.347 e. The molecule has 4 nitrogen and oxygen atoms in total. The summed E-state index contributed by atoms with van der Waals surface area (Å²) in [5.41, 5.74) is 0.960. The minimum absolute atomic E-state index is 0.0491. The van der Waals surface area contributed by atoms with Gasteiger partial charge in [0, 0.05) is 5.69 Å². The second-order valence-corrected chi connectivity index (χ2v) is 4.64. The monoisotopic (exact) mass is 304 g/mol. The summed E-state index contributed by atoms with van der Waals surface area (Å²) in [6.45, 7) is -0.226. The first-order chi connectivity index (χ1) is 10.5. The lowest BCUT2D eigenvalue weighted by Gasteiger charge is -2.07. The molecule has 0 radical (unpaired) electrons. The van der Waals surface area contributed by atoms with Gasteiger partial charge in [0.05, 0.1) is 13.0 Å².